The molecule has 0 aliphatic heterocycles. The van der Waals surface area contributed by atoms with E-state index in [1.165, 1.54) is 12.1 Å². The van der Waals surface area contributed by atoms with Crippen LogP contribution in [0.1, 0.15) is 31.8 Å². The summed E-state index contributed by atoms with van der Waals surface area (Å²) in [5, 5.41) is 40.1. The lowest BCUT2D eigenvalue weighted by molar-refractivity contribution is -0.384. The Balaban J connectivity index is 2.18. The number of phenols is 3. The van der Waals surface area contributed by atoms with Crippen molar-refractivity contribution in [2.75, 3.05) is 0 Å². The van der Waals surface area contributed by atoms with E-state index < -0.39 is 33.7 Å². The van der Waals surface area contributed by atoms with Crippen LogP contribution in [-0.2, 0) is 0 Å². The van der Waals surface area contributed by atoms with Crippen molar-refractivity contribution in [2.45, 2.75) is 0 Å². The Hall–Kier alpha value is -4.20. The number of benzene rings is 3. The molecule has 0 heterocycles. The van der Waals surface area contributed by atoms with E-state index >= 15 is 0 Å². The van der Waals surface area contributed by atoms with Crippen LogP contribution >= 0.6 is 0 Å². The van der Waals surface area contributed by atoms with Crippen LogP contribution in [-0.4, -0.2) is 31.8 Å². The summed E-state index contributed by atoms with van der Waals surface area (Å²) in [7, 11) is 0. The number of carbonyl (C=O) groups is 2. The molecule has 3 rings (SSSR count). The highest BCUT2D eigenvalue weighted by Crippen LogP contribution is 2.38. The molecule has 8 nitrogen and oxygen atoms in total. The van der Waals surface area contributed by atoms with Crippen LogP contribution in [0.3, 0.4) is 0 Å². The predicted molar refractivity (Wildman–Crippen MR) is 97.8 cm³/mol. The quantitative estimate of drug-likeness (QED) is 0.268. The SMILES string of the molecule is O=C(c1ccccc1)c1cc([N+](=O)[O-])ccc1C(=O)c1ccc(O)c(O)c1O. The zero-order valence-corrected chi connectivity index (χ0v) is 14.2. The second-order valence-electron chi connectivity index (χ2n) is 5.84. The van der Waals surface area contributed by atoms with Gasteiger partial charge in [0.2, 0.25) is 5.75 Å². The molecule has 140 valence electrons. The fourth-order valence-corrected chi connectivity index (χ4v) is 2.67. The van der Waals surface area contributed by atoms with E-state index in [1.807, 2.05) is 0 Å². The molecule has 0 atom stereocenters. The van der Waals surface area contributed by atoms with Crippen molar-refractivity contribution in [3.8, 4) is 17.2 Å². The molecule has 8 heteroatoms. The van der Waals surface area contributed by atoms with Crippen molar-refractivity contribution < 1.29 is 29.8 Å². The van der Waals surface area contributed by atoms with Crippen LogP contribution in [0, 0.1) is 10.1 Å². The van der Waals surface area contributed by atoms with Gasteiger partial charge in [-0.25, -0.2) is 0 Å². The highest BCUT2D eigenvalue weighted by atomic mass is 16.6. The molecular weight excluding hydrogens is 366 g/mol. The fourth-order valence-electron chi connectivity index (χ4n) is 2.67. The molecular formula is C20H13NO7. The summed E-state index contributed by atoms with van der Waals surface area (Å²) >= 11 is 0. The van der Waals surface area contributed by atoms with Crippen molar-refractivity contribution >= 4 is 17.3 Å². The number of nitro groups is 1. The van der Waals surface area contributed by atoms with Crippen molar-refractivity contribution in [1.29, 1.82) is 0 Å². The summed E-state index contributed by atoms with van der Waals surface area (Å²) in [5.74, 6) is -3.83. The topological polar surface area (TPSA) is 138 Å². The maximum Gasteiger partial charge on any atom is 0.270 e. The van der Waals surface area contributed by atoms with Crippen molar-refractivity contribution in [2.24, 2.45) is 0 Å². The maximum atomic E-state index is 12.9. The number of nitro benzene ring substituents is 1. The number of ketones is 2. The van der Waals surface area contributed by atoms with Crippen LogP contribution in [0.4, 0.5) is 5.69 Å². The van der Waals surface area contributed by atoms with Crippen LogP contribution in [0.15, 0.2) is 60.7 Å². The van der Waals surface area contributed by atoms with Gasteiger partial charge in [-0.05, 0) is 18.2 Å². The van der Waals surface area contributed by atoms with Gasteiger partial charge in [0, 0.05) is 28.8 Å². The molecule has 0 aromatic heterocycles. The van der Waals surface area contributed by atoms with E-state index in [9.17, 15) is 35.0 Å². The van der Waals surface area contributed by atoms with Gasteiger partial charge >= 0.3 is 0 Å². The van der Waals surface area contributed by atoms with Gasteiger partial charge in [-0.2, -0.15) is 0 Å². The van der Waals surface area contributed by atoms with Gasteiger partial charge in [0.25, 0.3) is 5.69 Å². The van der Waals surface area contributed by atoms with E-state index in [2.05, 4.69) is 0 Å². The summed E-state index contributed by atoms with van der Waals surface area (Å²) in [6, 6.07) is 13.1. The molecule has 0 unspecified atom stereocenters. The molecule has 3 aromatic rings. The molecule has 0 aliphatic rings. The van der Waals surface area contributed by atoms with Gasteiger partial charge in [-0.1, -0.05) is 30.3 Å². The summed E-state index contributed by atoms with van der Waals surface area (Å²) in [5.41, 5.74) is -0.952. The average molecular weight is 379 g/mol. The van der Waals surface area contributed by atoms with Crippen LogP contribution in [0.25, 0.3) is 0 Å². The molecule has 0 radical (unpaired) electrons. The monoisotopic (exact) mass is 379 g/mol. The molecule has 0 saturated heterocycles. The van der Waals surface area contributed by atoms with Crippen LogP contribution < -0.4 is 0 Å². The minimum absolute atomic E-state index is 0.195. The van der Waals surface area contributed by atoms with Gasteiger partial charge in [0.15, 0.2) is 23.1 Å². The lowest BCUT2D eigenvalue weighted by Gasteiger charge is -2.11. The minimum atomic E-state index is -0.885. The van der Waals surface area contributed by atoms with Crippen molar-refractivity contribution in [1.82, 2.24) is 0 Å². The van der Waals surface area contributed by atoms with E-state index in [0.717, 1.165) is 30.3 Å². The third-order valence-corrected chi connectivity index (χ3v) is 4.11. The lowest BCUT2D eigenvalue weighted by atomic mass is 9.92. The fraction of sp³-hybridized carbons (Fsp3) is 0. The summed E-state index contributed by atoms with van der Waals surface area (Å²) in [4.78, 5) is 36.2. The molecule has 3 N–H and O–H groups in total. The largest absolute Gasteiger partial charge is 0.504 e. The van der Waals surface area contributed by atoms with Gasteiger partial charge in [0.05, 0.1) is 10.5 Å². The number of hydrogen-bond acceptors (Lipinski definition) is 7. The number of phenolic OH excluding ortho intramolecular Hbond substituents is 3. The lowest BCUT2D eigenvalue weighted by Crippen LogP contribution is -2.12. The first-order chi connectivity index (χ1) is 13.3. The Labute approximate surface area is 158 Å². The summed E-state index contributed by atoms with van der Waals surface area (Å²) in [6.07, 6.45) is 0. The summed E-state index contributed by atoms with van der Waals surface area (Å²) < 4.78 is 0. The molecule has 0 amide bonds. The zero-order valence-electron chi connectivity index (χ0n) is 14.2. The average Bonchev–Trinajstić information content (AvgIpc) is 2.71. The Kier molecular flexibility index (Phi) is 4.78. The van der Waals surface area contributed by atoms with Gasteiger partial charge in [-0.3, -0.25) is 19.7 Å². The first kappa shape index (κ1) is 18.6. The predicted octanol–water partition coefficient (Wildman–Crippen LogP) is 3.17. The number of nitrogens with zero attached hydrogens (tertiary/aromatic N) is 1. The molecule has 28 heavy (non-hydrogen) atoms. The normalized spacial score (nSPS) is 10.4. The third kappa shape index (κ3) is 3.26. The Morgan fingerprint density at radius 2 is 1.39 bits per heavy atom. The van der Waals surface area contributed by atoms with Gasteiger partial charge in [0.1, 0.15) is 0 Å². The first-order valence-corrected chi connectivity index (χ1v) is 7.98. The smallest absolute Gasteiger partial charge is 0.270 e. The standard InChI is InChI=1S/C20H13NO7/c22-16-9-8-14(19(25)20(16)26)18(24)13-7-6-12(21(27)28)10-15(13)17(23)11-4-2-1-3-5-11/h1-10,22,25-26H. The molecule has 0 bridgehead atoms. The maximum absolute atomic E-state index is 12.9. The van der Waals surface area contributed by atoms with E-state index in [1.54, 1.807) is 18.2 Å². The van der Waals surface area contributed by atoms with E-state index in [-0.39, 0.29) is 27.9 Å². The van der Waals surface area contributed by atoms with E-state index in [0.29, 0.717) is 0 Å². The third-order valence-electron chi connectivity index (χ3n) is 4.11. The highest BCUT2D eigenvalue weighted by molar-refractivity contribution is 6.20. The van der Waals surface area contributed by atoms with Gasteiger partial charge < -0.3 is 15.3 Å². The second kappa shape index (κ2) is 7.20. The number of rotatable bonds is 5. The number of aromatic hydroxyl groups is 3. The number of non-ortho nitro benzene ring substituents is 1. The highest BCUT2D eigenvalue weighted by Gasteiger charge is 2.25. The second-order valence-corrected chi connectivity index (χ2v) is 5.84. The Morgan fingerprint density at radius 3 is 2.04 bits per heavy atom. The summed E-state index contributed by atoms with van der Waals surface area (Å²) in [6.45, 7) is 0. The van der Waals surface area contributed by atoms with Crippen molar-refractivity contribution in [3.05, 3.63) is 93.0 Å². The molecule has 0 fully saturated rings. The number of hydrogen-bond donors (Lipinski definition) is 3. The first-order valence-electron chi connectivity index (χ1n) is 7.98. The van der Waals surface area contributed by atoms with E-state index in [4.69, 9.17) is 0 Å². The Bertz CT molecular complexity index is 1110. The number of carbonyl (C=O) groups excluding carboxylic acids is 2. The van der Waals surface area contributed by atoms with Crippen LogP contribution in [0.5, 0.6) is 17.2 Å². The molecule has 0 aliphatic carbocycles. The molecule has 0 saturated carbocycles. The van der Waals surface area contributed by atoms with Gasteiger partial charge in [-0.15, -0.1) is 0 Å². The molecule has 0 spiro atoms. The van der Waals surface area contributed by atoms with Crippen LogP contribution in [0.2, 0.25) is 0 Å². The minimum Gasteiger partial charge on any atom is -0.504 e. The Morgan fingerprint density at radius 1 is 0.750 bits per heavy atom. The van der Waals surface area contributed by atoms with Crippen molar-refractivity contribution in [3.63, 3.8) is 0 Å². The zero-order chi connectivity index (χ0) is 20.4. The molecule has 3 aromatic carbocycles.